The number of methoxy groups -OCH3 is 1. The van der Waals surface area contributed by atoms with Gasteiger partial charge in [-0.15, -0.1) is 0 Å². The highest BCUT2D eigenvalue weighted by molar-refractivity contribution is 7.89. The van der Waals surface area contributed by atoms with Crippen LogP contribution in [0.3, 0.4) is 0 Å². The van der Waals surface area contributed by atoms with E-state index in [1.54, 1.807) is 25.3 Å². The maximum atomic E-state index is 13.0. The minimum absolute atomic E-state index is 0.126. The molecule has 2 aliphatic rings. The Balaban J connectivity index is 1.52. The van der Waals surface area contributed by atoms with Crippen molar-refractivity contribution in [2.24, 2.45) is 0 Å². The topological polar surface area (TPSA) is 96.0 Å². The van der Waals surface area contributed by atoms with Crippen LogP contribution < -0.4 is 15.0 Å². The fraction of sp³-hybridized carbons (Fsp3) is 0.417. The van der Waals surface area contributed by atoms with E-state index in [-0.39, 0.29) is 29.8 Å². The first-order valence-electron chi connectivity index (χ1n) is 11.2. The van der Waals surface area contributed by atoms with Gasteiger partial charge in [-0.05, 0) is 55.5 Å². The van der Waals surface area contributed by atoms with E-state index in [9.17, 15) is 18.0 Å². The van der Waals surface area contributed by atoms with E-state index < -0.39 is 10.0 Å². The summed E-state index contributed by atoms with van der Waals surface area (Å²) in [5.41, 5.74) is 2.22. The molecular weight excluding hydrogens is 442 g/mol. The molecule has 0 radical (unpaired) electrons. The van der Waals surface area contributed by atoms with E-state index in [2.05, 4.69) is 5.32 Å². The number of carbonyl (C=O) groups excluding carboxylic acids is 2. The van der Waals surface area contributed by atoms with E-state index in [0.29, 0.717) is 43.8 Å². The lowest BCUT2D eigenvalue weighted by Crippen LogP contribution is -2.40. The molecule has 33 heavy (non-hydrogen) atoms. The number of nitrogens with one attached hydrogen (secondary N) is 1. The van der Waals surface area contributed by atoms with Crippen molar-refractivity contribution in [3.8, 4) is 5.75 Å². The van der Waals surface area contributed by atoms with Crippen LogP contribution in [0.1, 0.15) is 36.8 Å². The van der Waals surface area contributed by atoms with Gasteiger partial charge in [-0.1, -0.05) is 18.2 Å². The molecule has 1 N–H and O–H groups in total. The van der Waals surface area contributed by atoms with Crippen LogP contribution in [-0.2, 0) is 32.6 Å². The maximum absolute atomic E-state index is 13.0. The second-order valence-electron chi connectivity index (χ2n) is 8.32. The Kier molecular flexibility index (Phi) is 6.99. The summed E-state index contributed by atoms with van der Waals surface area (Å²) >= 11 is 0. The highest BCUT2D eigenvalue weighted by Crippen LogP contribution is 2.31. The van der Waals surface area contributed by atoms with E-state index in [0.717, 1.165) is 24.0 Å². The van der Waals surface area contributed by atoms with Crippen molar-refractivity contribution in [2.45, 2.75) is 43.5 Å². The molecule has 9 heteroatoms. The number of amides is 2. The number of ether oxygens (including phenoxy) is 1. The SMILES string of the molecule is COc1ccccc1CNC(=O)CN1C(=O)CCCc2cc(S(=O)(=O)N3CCCC3)ccc21. The molecule has 2 amide bonds. The molecule has 0 saturated carbocycles. The normalized spacial score (nSPS) is 16.9. The molecule has 1 fully saturated rings. The number of nitrogens with zero attached hydrogens (tertiary/aromatic N) is 2. The van der Waals surface area contributed by atoms with Crippen molar-refractivity contribution in [3.63, 3.8) is 0 Å². The second kappa shape index (κ2) is 9.93. The summed E-state index contributed by atoms with van der Waals surface area (Å²) in [5.74, 6) is 0.243. The maximum Gasteiger partial charge on any atom is 0.243 e. The van der Waals surface area contributed by atoms with Gasteiger partial charge in [-0.25, -0.2) is 8.42 Å². The van der Waals surface area contributed by atoms with Gasteiger partial charge in [-0.2, -0.15) is 4.31 Å². The lowest BCUT2D eigenvalue weighted by atomic mass is 10.1. The number of carbonyl (C=O) groups is 2. The number of para-hydroxylation sites is 1. The molecule has 2 heterocycles. The largest absolute Gasteiger partial charge is 0.496 e. The molecule has 0 bridgehead atoms. The molecule has 2 aromatic carbocycles. The van der Waals surface area contributed by atoms with E-state index >= 15 is 0 Å². The number of benzene rings is 2. The first kappa shape index (κ1) is 23.3. The van der Waals surface area contributed by atoms with Crippen molar-refractivity contribution in [1.82, 2.24) is 9.62 Å². The summed E-state index contributed by atoms with van der Waals surface area (Å²) in [7, 11) is -1.97. The molecule has 2 aromatic rings. The van der Waals surface area contributed by atoms with Crippen molar-refractivity contribution < 1.29 is 22.7 Å². The molecule has 8 nitrogen and oxygen atoms in total. The Labute approximate surface area is 194 Å². The van der Waals surface area contributed by atoms with Crippen LogP contribution >= 0.6 is 0 Å². The van der Waals surface area contributed by atoms with Crippen LogP contribution in [0.5, 0.6) is 5.75 Å². The number of aryl methyl sites for hydroxylation is 1. The van der Waals surface area contributed by atoms with E-state index in [4.69, 9.17) is 4.74 Å². The summed E-state index contributed by atoms with van der Waals surface area (Å²) in [6.07, 6.45) is 3.25. The molecule has 1 saturated heterocycles. The number of anilines is 1. The van der Waals surface area contributed by atoms with Crippen molar-refractivity contribution in [1.29, 1.82) is 0 Å². The molecule has 0 atom stereocenters. The Morgan fingerprint density at radius 1 is 1.06 bits per heavy atom. The monoisotopic (exact) mass is 471 g/mol. The third-order valence-electron chi connectivity index (χ3n) is 6.15. The summed E-state index contributed by atoms with van der Waals surface area (Å²) in [6, 6.07) is 12.3. The Bertz CT molecular complexity index is 1140. The molecular formula is C24H29N3O5S. The van der Waals surface area contributed by atoms with Crippen molar-refractivity contribution >= 4 is 27.5 Å². The first-order chi connectivity index (χ1) is 15.9. The van der Waals surface area contributed by atoms with Gasteiger partial charge in [0.2, 0.25) is 21.8 Å². The number of hydrogen-bond acceptors (Lipinski definition) is 5. The highest BCUT2D eigenvalue weighted by atomic mass is 32.2. The smallest absolute Gasteiger partial charge is 0.243 e. The average Bonchev–Trinajstić information content (AvgIpc) is 3.32. The van der Waals surface area contributed by atoms with Crippen LogP contribution in [0, 0.1) is 0 Å². The molecule has 0 aromatic heterocycles. The van der Waals surface area contributed by atoms with Crippen molar-refractivity contribution in [3.05, 3.63) is 53.6 Å². The fourth-order valence-electron chi connectivity index (χ4n) is 4.38. The van der Waals surface area contributed by atoms with Gasteiger partial charge < -0.3 is 15.0 Å². The highest BCUT2D eigenvalue weighted by Gasteiger charge is 2.30. The third-order valence-corrected chi connectivity index (χ3v) is 8.05. The van der Waals surface area contributed by atoms with Gasteiger partial charge in [-0.3, -0.25) is 9.59 Å². The zero-order valence-electron chi connectivity index (χ0n) is 18.7. The second-order valence-corrected chi connectivity index (χ2v) is 10.3. The number of fused-ring (bicyclic) bond motifs is 1. The van der Waals surface area contributed by atoms with Crippen molar-refractivity contribution in [2.75, 3.05) is 31.6 Å². The lowest BCUT2D eigenvalue weighted by Gasteiger charge is -2.24. The van der Waals surface area contributed by atoms with Crippen LogP contribution in [0.15, 0.2) is 47.4 Å². The number of rotatable bonds is 7. The minimum Gasteiger partial charge on any atom is -0.496 e. The molecule has 2 aliphatic heterocycles. The summed E-state index contributed by atoms with van der Waals surface area (Å²) < 4.78 is 32.8. The summed E-state index contributed by atoms with van der Waals surface area (Å²) in [4.78, 5) is 27.2. The molecule has 0 aliphatic carbocycles. The zero-order chi connectivity index (χ0) is 23.4. The average molecular weight is 472 g/mol. The van der Waals surface area contributed by atoms with Crippen LogP contribution in [0.2, 0.25) is 0 Å². The Morgan fingerprint density at radius 2 is 1.82 bits per heavy atom. The first-order valence-corrected chi connectivity index (χ1v) is 12.7. The van der Waals surface area contributed by atoms with Crippen LogP contribution in [-0.4, -0.2) is 51.3 Å². The Morgan fingerprint density at radius 3 is 2.58 bits per heavy atom. The molecule has 0 unspecified atom stereocenters. The zero-order valence-corrected chi connectivity index (χ0v) is 19.6. The standard InChI is InChI=1S/C24H29N3O5S/c1-32-22-9-3-2-7-19(22)16-25-23(28)17-27-21-12-11-20(15-18(21)8-6-10-24(27)29)33(30,31)26-13-4-5-14-26/h2-3,7,9,11-12,15H,4-6,8,10,13-14,16-17H2,1H3,(H,25,28). The number of sulfonamides is 1. The summed E-state index contributed by atoms with van der Waals surface area (Å²) in [6.45, 7) is 1.23. The third kappa shape index (κ3) is 5.04. The molecule has 0 spiro atoms. The van der Waals surface area contributed by atoms with Gasteiger partial charge in [0.1, 0.15) is 12.3 Å². The van der Waals surface area contributed by atoms with Gasteiger partial charge in [0, 0.05) is 37.3 Å². The fourth-order valence-corrected chi connectivity index (χ4v) is 5.95. The van der Waals surface area contributed by atoms with E-state index in [1.807, 2.05) is 24.3 Å². The lowest BCUT2D eigenvalue weighted by molar-refractivity contribution is -0.123. The van der Waals surface area contributed by atoms with Gasteiger partial charge in [0.05, 0.1) is 12.0 Å². The molecule has 4 rings (SSSR count). The minimum atomic E-state index is -3.55. The summed E-state index contributed by atoms with van der Waals surface area (Å²) in [5, 5.41) is 2.85. The quantitative estimate of drug-likeness (QED) is 0.669. The number of hydrogen-bond donors (Lipinski definition) is 1. The van der Waals surface area contributed by atoms with Gasteiger partial charge in [0.25, 0.3) is 0 Å². The van der Waals surface area contributed by atoms with Crippen LogP contribution in [0.4, 0.5) is 5.69 Å². The van der Waals surface area contributed by atoms with Gasteiger partial charge >= 0.3 is 0 Å². The Hall–Kier alpha value is -2.91. The van der Waals surface area contributed by atoms with E-state index in [1.165, 1.54) is 9.21 Å². The van der Waals surface area contributed by atoms with Crippen LogP contribution in [0.25, 0.3) is 0 Å². The molecule has 176 valence electrons. The van der Waals surface area contributed by atoms with Gasteiger partial charge in [0.15, 0.2) is 0 Å². The predicted octanol–water partition coefficient (Wildman–Crippen LogP) is 2.47. The predicted molar refractivity (Wildman–Crippen MR) is 125 cm³/mol.